The largest absolute Gasteiger partial charge is 0.351 e. The van der Waals surface area contributed by atoms with Gasteiger partial charge in [-0.1, -0.05) is 0 Å². The first-order valence-corrected chi connectivity index (χ1v) is 2.85. The van der Waals surface area contributed by atoms with Gasteiger partial charge < -0.3 is 9.97 Å². The van der Waals surface area contributed by atoms with Crippen molar-refractivity contribution in [3.8, 4) is 0 Å². The van der Waals surface area contributed by atoms with Crippen molar-refractivity contribution in [2.75, 3.05) is 0 Å². The van der Waals surface area contributed by atoms with Crippen molar-refractivity contribution in [3.05, 3.63) is 37.4 Å². The highest BCUT2D eigenvalue weighted by atomic mass is 31.0. The monoisotopic (exact) mass is 170 g/mol. The minimum absolute atomic E-state index is 0. The van der Waals surface area contributed by atoms with E-state index in [4.69, 9.17) is 0 Å². The Morgan fingerprint density at radius 1 is 0.818 bits per heavy atom. The van der Waals surface area contributed by atoms with Crippen LogP contribution >= 0.6 is 9.90 Å². The normalized spacial score (nSPS) is 7.27. The van der Waals surface area contributed by atoms with Gasteiger partial charge >= 0.3 is 0 Å². The van der Waals surface area contributed by atoms with Crippen molar-refractivity contribution in [1.29, 1.82) is 0 Å². The Bertz CT molecular complexity index is 154. The number of rotatable bonds is 0. The van der Waals surface area contributed by atoms with Crippen LogP contribution in [0.5, 0.6) is 0 Å². The number of nitrogens with zero attached hydrogens (tertiary/aromatic N) is 2. The highest BCUT2D eigenvalue weighted by molar-refractivity contribution is 6.92. The third-order valence-electron chi connectivity index (χ3n) is 0.812. The lowest BCUT2D eigenvalue weighted by atomic mass is 11.0. The summed E-state index contributed by atoms with van der Waals surface area (Å²) in [7, 11) is 0. The fraction of sp³-hybridized carbons (Fsp3) is 0. The lowest BCUT2D eigenvalue weighted by molar-refractivity contribution is 1.31. The van der Waals surface area contributed by atoms with E-state index in [0.29, 0.717) is 0 Å². The van der Waals surface area contributed by atoms with Crippen molar-refractivity contribution in [3.63, 3.8) is 0 Å². The molecule has 2 rings (SSSR count). The van der Waals surface area contributed by atoms with Crippen LogP contribution in [0.15, 0.2) is 37.4 Å². The van der Waals surface area contributed by atoms with Gasteiger partial charge in [0, 0.05) is 24.8 Å². The van der Waals surface area contributed by atoms with Crippen LogP contribution in [0.4, 0.5) is 0 Å². The molecule has 0 bridgehead atoms. The number of nitrogens with one attached hydrogen (secondary N) is 2. The zero-order valence-corrected chi connectivity index (χ0v) is 7.48. The van der Waals surface area contributed by atoms with E-state index >= 15 is 0 Å². The zero-order chi connectivity index (χ0) is 7.07. The fourth-order valence-electron chi connectivity index (χ4n) is 0.430. The van der Waals surface area contributed by atoms with Crippen LogP contribution in [0, 0.1) is 0 Å². The molecule has 2 aromatic rings. The maximum Gasteiger partial charge on any atom is 0.0919 e. The average Bonchev–Trinajstić information content (AvgIpc) is 2.67. The van der Waals surface area contributed by atoms with Gasteiger partial charge in [0.25, 0.3) is 0 Å². The Morgan fingerprint density at radius 2 is 1.27 bits per heavy atom. The van der Waals surface area contributed by atoms with Crippen molar-refractivity contribution in [1.82, 2.24) is 19.9 Å². The summed E-state index contributed by atoms with van der Waals surface area (Å²) in [6.07, 6.45) is 10.2. The second-order valence-electron chi connectivity index (χ2n) is 1.52. The van der Waals surface area contributed by atoms with Gasteiger partial charge in [0.1, 0.15) is 0 Å². The molecule has 0 saturated carbocycles. The van der Waals surface area contributed by atoms with Gasteiger partial charge in [0.05, 0.1) is 12.7 Å². The topological polar surface area (TPSA) is 57.4 Å². The van der Waals surface area contributed by atoms with Gasteiger partial charge in [-0.15, -0.1) is 0 Å². The average molecular weight is 170 g/mol. The summed E-state index contributed by atoms with van der Waals surface area (Å²) in [5, 5.41) is 0. The molecule has 60 valence electrons. The second kappa shape index (κ2) is 6.96. The van der Waals surface area contributed by atoms with Gasteiger partial charge in [-0.3, -0.25) is 0 Å². The fourth-order valence-corrected chi connectivity index (χ4v) is 0.430. The maximum atomic E-state index is 3.67. The lowest BCUT2D eigenvalue weighted by Gasteiger charge is -1.46. The quantitative estimate of drug-likeness (QED) is 0.576. The molecule has 2 aromatic heterocycles. The van der Waals surface area contributed by atoms with Crippen LogP contribution in [0.25, 0.3) is 0 Å². The van der Waals surface area contributed by atoms with Crippen molar-refractivity contribution < 1.29 is 0 Å². The summed E-state index contributed by atoms with van der Waals surface area (Å²) in [6.45, 7) is 0. The van der Waals surface area contributed by atoms with E-state index in [1.807, 2.05) is 0 Å². The van der Waals surface area contributed by atoms with Crippen LogP contribution in [-0.2, 0) is 0 Å². The lowest BCUT2D eigenvalue weighted by Crippen LogP contribution is -1.44. The molecule has 1 unspecified atom stereocenters. The molecule has 5 heteroatoms. The molecular weight excluding hydrogens is 159 g/mol. The number of hydrogen-bond acceptors (Lipinski definition) is 2. The van der Waals surface area contributed by atoms with Crippen LogP contribution in [-0.4, -0.2) is 19.9 Å². The van der Waals surface area contributed by atoms with Gasteiger partial charge in [0.15, 0.2) is 0 Å². The van der Waals surface area contributed by atoms with Gasteiger partial charge in [-0.25, -0.2) is 9.97 Å². The van der Waals surface area contributed by atoms with Crippen LogP contribution in [0.1, 0.15) is 0 Å². The molecule has 0 aliphatic carbocycles. The Balaban J connectivity index is 0.000000167. The van der Waals surface area contributed by atoms with E-state index in [0.717, 1.165) is 0 Å². The summed E-state index contributed by atoms with van der Waals surface area (Å²) in [5.41, 5.74) is 0. The molecule has 2 heterocycles. The van der Waals surface area contributed by atoms with E-state index in [1.54, 1.807) is 37.4 Å². The number of hydrogen-bond donors (Lipinski definition) is 2. The molecule has 4 nitrogen and oxygen atoms in total. The van der Waals surface area contributed by atoms with Gasteiger partial charge in [0.2, 0.25) is 0 Å². The molecule has 0 saturated heterocycles. The maximum absolute atomic E-state index is 3.67. The molecule has 0 spiro atoms. The highest BCUT2D eigenvalue weighted by Crippen LogP contribution is 1.63. The third kappa shape index (κ3) is 5.30. The minimum atomic E-state index is 0. The van der Waals surface area contributed by atoms with Crippen LogP contribution in [0.2, 0.25) is 0 Å². The predicted molar refractivity (Wildman–Crippen MR) is 48.3 cm³/mol. The zero-order valence-electron chi connectivity index (χ0n) is 6.07. The third-order valence-corrected chi connectivity index (χ3v) is 0.812. The number of aromatic amines is 2. The molecule has 0 radical (unpaired) electrons. The highest BCUT2D eigenvalue weighted by Gasteiger charge is 1.56. The molecule has 0 amide bonds. The molecule has 1 atom stereocenters. The predicted octanol–water partition coefficient (Wildman–Crippen LogP) is 0.877. The van der Waals surface area contributed by atoms with Crippen molar-refractivity contribution >= 4 is 9.90 Å². The molecule has 0 aromatic carbocycles. The number of H-pyrrole nitrogens is 2. The molecule has 0 fully saturated rings. The molecule has 0 aliphatic heterocycles. The minimum Gasteiger partial charge on any atom is -0.351 e. The van der Waals surface area contributed by atoms with E-state index in [1.165, 1.54) is 0 Å². The second-order valence-corrected chi connectivity index (χ2v) is 1.52. The van der Waals surface area contributed by atoms with E-state index in [9.17, 15) is 0 Å². The van der Waals surface area contributed by atoms with Gasteiger partial charge in [-0.2, -0.15) is 9.90 Å². The molecule has 11 heavy (non-hydrogen) atoms. The Labute approximate surface area is 68.1 Å². The Hall–Kier alpha value is -1.15. The van der Waals surface area contributed by atoms with E-state index in [-0.39, 0.29) is 9.90 Å². The molecule has 0 aliphatic rings. The van der Waals surface area contributed by atoms with E-state index < -0.39 is 0 Å². The van der Waals surface area contributed by atoms with Crippen LogP contribution < -0.4 is 0 Å². The SMILES string of the molecule is P.c1c[nH]cn1.c1c[nH]cn1. The summed E-state index contributed by atoms with van der Waals surface area (Å²) in [5.74, 6) is 0. The Kier molecular flexibility index (Phi) is 6.24. The van der Waals surface area contributed by atoms with E-state index in [2.05, 4.69) is 19.9 Å². The summed E-state index contributed by atoms with van der Waals surface area (Å²) >= 11 is 0. The van der Waals surface area contributed by atoms with Crippen molar-refractivity contribution in [2.24, 2.45) is 0 Å². The number of imidazole rings is 2. The van der Waals surface area contributed by atoms with Crippen molar-refractivity contribution in [2.45, 2.75) is 0 Å². The first-order chi connectivity index (χ1) is 5.00. The Morgan fingerprint density at radius 3 is 1.36 bits per heavy atom. The smallest absolute Gasteiger partial charge is 0.0919 e. The molecule has 2 N–H and O–H groups in total. The van der Waals surface area contributed by atoms with Gasteiger partial charge in [-0.05, 0) is 0 Å². The standard InChI is InChI=1S/2C3H4N2.H3P/c2*1-2-5-3-4-1;/h2*1-3H,(H,4,5);1H3. The summed E-state index contributed by atoms with van der Waals surface area (Å²) in [4.78, 5) is 12.8. The van der Waals surface area contributed by atoms with Crippen LogP contribution in [0.3, 0.4) is 0 Å². The first kappa shape index (κ1) is 9.85. The number of aromatic nitrogens is 4. The molecular formula is C6H11N4P. The summed E-state index contributed by atoms with van der Waals surface area (Å²) in [6, 6.07) is 0. The first-order valence-electron chi connectivity index (χ1n) is 2.85. The summed E-state index contributed by atoms with van der Waals surface area (Å²) < 4.78 is 0.